The number of alkyl halides is 3. The minimum Gasteiger partial charge on any atom is -0.469 e. The van der Waals surface area contributed by atoms with E-state index >= 15 is 0 Å². The first-order chi connectivity index (χ1) is 13.4. The molecule has 0 bridgehead atoms. The Labute approximate surface area is 165 Å². The van der Waals surface area contributed by atoms with Gasteiger partial charge in [-0.3, -0.25) is 18.6 Å². The number of rotatable bonds is 6. The maximum absolute atomic E-state index is 12.8. The molecule has 1 fully saturated rings. The largest absolute Gasteiger partial charge is 0.530 e. The topological polar surface area (TPSA) is 100 Å². The van der Waals surface area contributed by atoms with Gasteiger partial charge in [0.1, 0.15) is 5.75 Å². The predicted octanol–water partition coefficient (Wildman–Crippen LogP) is 3.31. The molecule has 0 aliphatic carbocycles. The summed E-state index contributed by atoms with van der Waals surface area (Å²) in [7, 11) is -3.06. The van der Waals surface area contributed by atoms with Gasteiger partial charge in [0.2, 0.25) is 0 Å². The van der Waals surface area contributed by atoms with Crippen molar-refractivity contribution in [1.82, 2.24) is 5.32 Å². The number of methoxy groups -OCH3 is 1. The van der Waals surface area contributed by atoms with Crippen molar-refractivity contribution in [3.05, 3.63) is 29.8 Å². The van der Waals surface area contributed by atoms with Gasteiger partial charge in [0, 0.05) is 12.0 Å². The maximum atomic E-state index is 12.8. The number of hydrogen-bond donors (Lipinski definition) is 1. The lowest BCUT2D eigenvalue weighted by atomic mass is 9.87. The molecule has 1 aromatic rings. The molecular formula is C17H21F3NO7P. The number of esters is 1. The quantitative estimate of drug-likeness (QED) is 0.536. The smallest absolute Gasteiger partial charge is 0.469 e. The fourth-order valence-electron chi connectivity index (χ4n) is 2.39. The van der Waals surface area contributed by atoms with E-state index in [1.165, 1.54) is 7.11 Å². The third kappa shape index (κ3) is 6.19. The van der Waals surface area contributed by atoms with Crippen molar-refractivity contribution < 1.29 is 45.6 Å². The number of phosphoric ester groups is 1. The summed E-state index contributed by atoms with van der Waals surface area (Å²) in [5.41, 5.74) is -1.79. The molecule has 1 heterocycles. The molecule has 0 aromatic heterocycles. The van der Waals surface area contributed by atoms with E-state index in [1.807, 2.05) is 0 Å². The molecule has 162 valence electrons. The van der Waals surface area contributed by atoms with Crippen molar-refractivity contribution in [3.8, 4) is 5.75 Å². The van der Waals surface area contributed by atoms with Gasteiger partial charge < -0.3 is 14.6 Å². The van der Waals surface area contributed by atoms with E-state index in [0.29, 0.717) is 0 Å². The van der Waals surface area contributed by atoms with Crippen LogP contribution < -0.4 is 9.84 Å². The van der Waals surface area contributed by atoms with Gasteiger partial charge in [-0.05, 0) is 24.3 Å². The summed E-state index contributed by atoms with van der Waals surface area (Å²) in [6.07, 6.45) is -5.84. The van der Waals surface area contributed by atoms with Crippen molar-refractivity contribution >= 4 is 19.7 Å². The Hall–Kier alpha value is -2.10. The van der Waals surface area contributed by atoms with Crippen LogP contribution >= 0.6 is 7.82 Å². The monoisotopic (exact) mass is 439 g/mol. The van der Waals surface area contributed by atoms with Gasteiger partial charge in [0.05, 0.1) is 25.7 Å². The number of carbonyl (C=O) groups excluding carboxylic acids is 2. The lowest BCUT2D eigenvalue weighted by Gasteiger charge is -2.39. The second kappa shape index (κ2) is 8.73. The van der Waals surface area contributed by atoms with Crippen LogP contribution in [0, 0.1) is 5.41 Å². The van der Waals surface area contributed by atoms with Gasteiger partial charge in [-0.1, -0.05) is 13.8 Å². The molecule has 2 rings (SSSR count). The Bertz CT molecular complexity index is 795. The van der Waals surface area contributed by atoms with Crippen molar-refractivity contribution in [2.75, 3.05) is 20.3 Å². The van der Waals surface area contributed by atoms with Crippen LogP contribution in [0.3, 0.4) is 0 Å². The van der Waals surface area contributed by atoms with E-state index in [2.05, 4.69) is 10.1 Å². The van der Waals surface area contributed by atoms with E-state index < -0.39 is 43.0 Å². The number of amides is 1. The number of nitrogens with one attached hydrogen (secondary N) is 1. The molecule has 2 atom stereocenters. The van der Waals surface area contributed by atoms with Gasteiger partial charge in [0.25, 0.3) is 5.91 Å². The van der Waals surface area contributed by atoms with E-state index in [1.54, 1.807) is 13.8 Å². The number of halogens is 3. The second-order valence-electron chi connectivity index (χ2n) is 6.93. The molecule has 1 saturated heterocycles. The summed E-state index contributed by atoms with van der Waals surface area (Å²) < 4.78 is 70.7. The highest BCUT2D eigenvalue weighted by atomic mass is 31.2. The average molecular weight is 439 g/mol. The molecule has 1 N–H and O–H groups in total. The van der Waals surface area contributed by atoms with Crippen LogP contribution in [-0.4, -0.2) is 38.2 Å². The van der Waals surface area contributed by atoms with Gasteiger partial charge in [-0.15, -0.1) is 0 Å². The highest BCUT2D eigenvalue weighted by Gasteiger charge is 2.50. The van der Waals surface area contributed by atoms with E-state index in [0.717, 1.165) is 24.3 Å². The van der Waals surface area contributed by atoms with E-state index in [-0.39, 0.29) is 25.3 Å². The summed E-state index contributed by atoms with van der Waals surface area (Å²) in [5.74, 6) is -1.34. The van der Waals surface area contributed by atoms with E-state index in [9.17, 15) is 27.3 Å². The molecule has 1 aliphatic heterocycles. The molecule has 1 aromatic carbocycles. The number of ether oxygens (including phenoxy) is 1. The fraction of sp³-hybridized carbons (Fsp3) is 0.529. The van der Waals surface area contributed by atoms with Crippen LogP contribution in [0.1, 0.15) is 25.8 Å². The maximum Gasteiger partial charge on any atom is 0.530 e. The van der Waals surface area contributed by atoms with Gasteiger partial charge in [-0.25, -0.2) is 4.57 Å². The molecule has 29 heavy (non-hydrogen) atoms. The zero-order valence-corrected chi connectivity index (χ0v) is 16.8. The van der Waals surface area contributed by atoms with Crippen molar-refractivity contribution in [1.29, 1.82) is 0 Å². The SMILES string of the molecule is COC(=O)CCNC(=O)[C@@H]1OP(=O)(Oc2ccc(C(F)(F)F)cc2)OCC1(C)C. The van der Waals surface area contributed by atoms with Crippen LogP contribution in [0.2, 0.25) is 0 Å². The van der Waals surface area contributed by atoms with Crippen molar-refractivity contribution in [2.45, 2.75) is 32.5 Å². The molecule has 8 nitrogen and oxygen atoms in total. The Morgan fingerprint density at radius 2 is 1.90 bits per heavy atom. The number of phosphoric acid groups is 1. The minimum atomic E-state index is -4.53. The first kappa shape index (κ1) is 23.2. The summed E-state index contributed by atoms with van der Waals surface area (Å²) in [6, 6.07) is 3.46. The zero-order chi connectivity index (χ0) is 21.9. The highest BCUT2D eigenvalue weighted by Crippen LogP contribution is 2.57. The average Bonchev–Trinajstić information content (AvgIpc) is 2.63. The first-order valence-electron chi connectivity index (χ1n) is 8.51. The fourth-order valence-corrected chi connectivity index (χ4v) is 4.06. The van der Waals surface area contributed by atoms with E-state index in [4.69, 9.17) is 13.6 Å². The molecular weight excluding hydrogens is 418 g/mol. The Balaban J connectivity index is 2.07. The van der Waals surface area contributed by atoms with Gasteiger partial charge in [-0.2, -0.15) is 13.2 Å². The Morgan fingerprint density at radius 1 is 1.28 bits per heavy atom. The second-order valence-corrected chi connectivity index (χ2v) is 8.47. The third-order valence-corrected chi connectivity index (χ3v) is 5.38. The van der Waals surface area contributed by atoms with Crippen LogP contribution in [-0.2, 0) is 34.1 Å². The summed E-state index contributed by atoms with van der Waals surface area (Å²) >= 11 is 0. The molecule has 1 unspecified atom stereocenters. The van der Waals surface area contributed by atoms with Gasteiger partial charge >= 0.3 is 20.0 Å². The Kier molecular flexibility index (Phi) is 6.97. The zero-order valence-electron chi connectivity index (χ0n) is 15.9. The van der Waals surface area contributed by atoms with Crippen LogP contribution in [0.15, 0.2) is 24.3 Å². The van der Waals surface area contributed by atoms with Crippen LogP contribution in [0.4, 0.5) is 13.2 Å². The van der Waals surface area contributed by atoms with Crippen molar-refractivity contribution in [3.63, 3.8) is 0 Å². The lowest BCUT2D eigenvalue weighted by Crippen LogP contribution is -2.50. The van der Waals surface area contributed by atoms with Crippen LogP contribution in [0.25, 0.3) is 0 Å². The first-order valence-corrected chi connectivity index (χ1v) is 9.97. The third-order valence-electron chi connectivity index (χ3n) is 4.03. The van der Waals surface area contributed by atoms with Gasteiger partial charge in [0.15, 0.2) is 6.10 Å². The Morgan fingerprint density at radius 3 is 2.45 bits per heavy atom. The summed E-state index contributed by atoms with van der Waals surface area (Å²) in [4.78, 5) is 23.6. The molecule has 0 saturated carbocycles. The number of hydrogen-bond acceptors (Lipinski definition) is 7. The normalized spacial score (nSPS) is 23.9. The van der Waals surface area contributed by atoms with Crippen LogP contribution in [0.5, 0.6) is 5.75 Å². The molecule has 12 heteroatoms. The number of benzene rings is 1. The van der Waals surface area contributed by atoms with Crippen molar-refractivity contribution in [2.24, 2.45) is 5.41 Å². The molecule has 1 aliphatic rings. The summed E-state index contributed by atoms with van der Waals surface area (Å²) in [6.45, 7) is 3.09. The molecule has 1 amide bonds. The lowest BCUT2D eigenvalue weighted by molar-refractivity contribution is -0.142. The predicted molar refractivity (Wildman–Crippen MR) is 93.9 cm³/mol. The molecule has 0 spiro atoms. The summed E-state index contributed by atoms with van der Waals surface area (Å²) in [5, 5.41) is 2.48. The standard InChI is InChI=1S/C17H21F3NO7P/c1-16(2)10-26-29(24,27-12-6-4-11(5-7-12)17(18,19)20)28-14(16)15(23)21-9-8-13(22)25-3/h4-7,14H,8-10H2,1-3H3,(H,21,23)/t14-,29?/m0/s1. The highest BCUT2D eigenvalue weighted by molar-refractivity contribution is 7.49. The minimum absolute atomic E-state index is 0.0215. The number of carbonyl (C=O) groups is 2. The molecule has 0 radical (unpaired) electrons.